The molecule has 2 aromatic carbocycles. The number of nitrogens with zero attached hydrogens (tertiary/aromatic N) is 2. The lowest BCUT2D eigenvalue weighted by atomic mass is 9.97. The fourth-order valence-electron chi connectivity index (χ4n) is 3.70. The Morgan fingerprint density at radius 2 is 1.96 bits per heavy atom. The monoisotopic (exact) mass is 390 g/mol. The SMILES string of the molecule is COc1ccc(C(=O)C2Oc3ccccc3C3CC(c4cccs4)=NN23)cc1. The van der Waals surface area contributed by atoms with Crippen LogP contribution in [0.25, 0.3) is 0 Å². The Morgan fingerprint density at radius 3 is 2.71 bits per heavy atom. The molecule has 28 heavy (non-hydrogen) atoms. The summed E-state index contributed by atoms with van der Waals surface area (Å²) in [5.74, 6) is 1.35. The number of carbonyl (C=O) groups excluding carboxylic acids is 1. The first-order valence-electron chi connectivity index (χ1n) is 9.08. The summed E-state index contributed by atoms with van der Waals surface area (Å²) in [6, 6.07) is 19.1. The summed E-state index contributed by atoms with van der Waals surface area (Å²) < 4.78 is 11.3. The van der Waals surface area contributed by atoms with E-state index in [1.165, 1.54) is 0 Å². The minimum Gasteiger partial charge on any atom is -0.497 e. The van der Waals surface area contributed by atoms with Crippen LogP contribution in [-0.4, -0.2) is 29.8 Å². The average molecular weight is 390 g/mol. The summed E-state index contributed by atoms with van der Waals surface area (Å²) >= 11 is 1.66. The number of Topliss-reactive ketones (excluding diaryl/α,β-unsaturated/α-hetero) is 1. The van der Waals surface area contributed by atoms with Crippen LogP contribution in [0.15, 0.2) is 71.1 Å². The summed E-state index contributed by atoms with van der Waals surface area (Å²) in [4.78, 5) is 14.4. The van der Waals surface area contributed by atoms with Crippen molar-refractivity contribution in [2.24, 2.45) is 5.10 Å². The molecule has 6 heteroatoms. The number of carbonyl (C=O) groups is 1. The molecular weight excluding hydrogens is 372 g/mol. The lowest BCUT2D eigenvalue weighted by Gasteiger charge is -2.37. The van der Waals surface area contributed by atoms with Crippen LogP contribution in [0.2, 0.25) is 0 Å². The van der Waals surface area contributed by atoms with Crippen LogP contribution in [-0.2, 0) is 0 Å². The predicted octanol–water partition coefficient (Wildman–Crippen LogP) is 4.51. The van der Waals surface area contributed by atoms with Crippen molar-refractivity contribution in [3.8, 4) is 11.5 Å². The number of thiophene rings is 1. The van der Waals surface area contributed by atoms with E-state index in [1.54, 1.807) is 42.7 Å². The van der Waals surface area contributed by atoms with E-state index < -0.39 is 6.23 Å². The Bertz CT molecular complexity index is 1040. The standard InChI is InChI=1S/C22H18N2O3S/c1-26-15-10-8-14(9-11-15)21(25)22-24-18(16-5-2-3-6-19(16)27-22)13-17(23-24)20-7-4-12-28-20/h2-12,18,22H,13H2,1H3. The molecule has 1 aromatic heterocycles. The molecule has 0 N–H and O–H groups in total. The van der Waals surface area contributed by atoms with E-state index in [2.05, 4.69) is 6.07 Å². The van der Waals surface area contributed by atoms with Gasteiger partial charge in [-0.15, -0.1) is 11.3 Å². The van der Waals surface area contributed by atoms with E-state index in [0.717, 1.165) is 28.3 Å². The van der Waals surface area contributed by atoms with Gasteiger partial charge in [-0.3, -0.25) is 4.79 Å². The molecule has 3 heterocycles. The Labute approximate surface area is 166 Å². The zero-order chi connectivity index (χ0) is 19.1. The Balaban J connectivity index is 1.54. The van der Waals surface area contributed by atoms with E-state index >= 15 is 0 Å². The van der Waals surface area contributed by atoms with Crippen LogP contribution >= 0.6 is 11.3 Å². The van der Waals surface area contributed by atoms with Crippen LogP contribution in [0, 0.1) is 0 Å². The third-order valence-electron chi connectivity index (χ3n) is 5.10. The lowest BCUT2D eigenvalue weighted by Crippen LogP contribution is -2.45. The number of hydrogen-bond donors (Lipinski definition) is 0. The van der Waals surface area contributed by atoms with Crippen molar-refractivity contribution in [1.29, 1.82) is 0 Å². The highest BCUT2D eigenvalue weighted by molar-refractivity contribution is 7.12. The predicted molar refractivity (Wildman–Crippen MR) is 108 cm³/mol. The molecule has 0 spiro atoms. The molecule has 2 unspecified atom stereocenters. The van der Waals surface area contributed by atoms with Crippen molar-refractivity contribution in [2.45, 2.75) is 18.7 Å². The van der Waals surface area contributed by atoms with Gasteiger partial charge in [0.1, 0.15) is 11.5 Å². The molecule has 0 amide bonds. The fourth-order valence-corrected chi connectivity index (χ4v) is 4.42. The average Bonchev–Trinajstić information content (AvgIpc) is 3.42. The first kappa shape index (κ1) is 17.0. The normalized spacial score (nSPS) is 20.0. The summed E-state index contributed by atoms with van der Waals surface area (Å²) in [6.45, 7) is 0. The Morgan fingerprint density at radius 1 is 1.14 bits per heavy atom. The maximum Gasteiger partial charge on any atom is 0.251 e. The molecule has 5 rings (SSSR count). The number of fused-ring (bicyclic) bond motifs is 3. The molecule has 0 aliphatic carbocycles. The minimum absolute atomic E-state index is 0.00533. The van der Waals surface area contributed by atoms with Gasteiger partial charge in [0, 0.05) is 17.5 Å². The molecule has 140 valence electrons. The van der Waals surface area contributed by atoms with E-state index in [9.17, 15) is 4.79 Å². The van der Waals surface area contributed by atoms with Gasteiger partial charge in [-0.2, -0.15) is 5.10 Å². The summed E-state index contributed by atoms with van der Waals surface area (Å²) in [5.41, 5.74) is 2.63. The van der Waals surface area contributed by atoms with Crippen molar-refractivity contribution in [2.75, 3.05) is 7.11 Å². The topological polar surface area (TPSA) is 51.1 Å². The highest BCUT2D eigenvalue weighted by atomic mass is 32.1. The molecule has 0 saturated carbocycles. The number of ether oxygens (including phenoxy) is 2. The first-order valence-corrected chi connectivity index (χ1v) is 9.96. The van der Waals surface area contributed by atoms with Crippen molar-refractivity contribution in [3.63, 3.8) is 0 Å². The molecule has 0 bridgehead atoms. The molecule has 0 saturated heterocycles. The molecule has 2 aliphatic heterocycles. The number of hydrazone groups is 1. The van der Waals surface area contributed by atoms with Crippen LogP contribution in [0.3, 0.4) is 0 Å². The molecule has 2 aliphatic rings. The smallest absolute Gasteiger partial charge is 0.251 e. The van der Waals surface area contributed by atoms with Crippen molar-refractivity contribution in [1.82, 2.24) is 5.01 Å². The van der Waals surface area contributed by atoms with Gasteiger partial charge in [0.15, 0.2) is 0 Å². The fraction of sp³-hybridized carbons (Fsp3) is 0.182. The lowest BCUT2D eigenvalue weighted by molar-refractivity contribution is -0.00455. The first-order chi connectivity index (χ1) is 13.7. The molecule has 0 radical (unpaired) electrons. The molecular formula is C22H18N2O3S. The number of hydrogen-bond acceptors (Lipinski definition) is 6. The van der Waals surface area contributed by atoms with Gasteiger partial charge >= 0.3 is 0 Å². The number of benzene rings is 2. The van der Waals surface area contributed by atoms with Crippen molar-refractivity contribution < 1.29 is 14.3 Å². The third-order valence-corrected chi connectivity index (χ3v) is 6.02. The van der Waals surface area contributed by atoms with E-state index in [-0.39, 0.29) is 11.8 Å². The van der Waals surface area contributed by atoms with Gasteiger partial charge in [0.2, 0.25) is 5.78 Å². The van der Waals surface area contributed by atoms with Gasteiger partial charge in [-0.25, -0.2) is 5.01 Å². The Hall–Kier alpha value is -3.12. The molecule has 5 nitrogen and oxygen atoms in total. The quantitative estimate of drug-likeness (QED) is 0.615. The molecule has 2 atom stereocenters. The molecule has 3 aromatic rings. The summed E-state index contributed by atoms with van der Waals surface area (Å²) in [5, 5.41) is 8.67. The summed E-state index contributed by atoms with van der Waals surface area (Å²) in [7, 11) is 1.60. The minimum atomic E-state index is -0.786. The van der Waals surface area contributed by atoms with Gasteiger partial charge in [0.05, 0.1) is 23.7 Å². The maximum atomic E-state index is 13.3. The number of rotatable bonds is 4. The van der Waals surface area contributed by atoms with E-state index in [1.807, 2.05) is 40.7 Å². The summed E-state index contributed by atoms with van der Waals surface area (Å²) in [6.07, 6.45) is -0.0291. The van der Waals surface area contributed by atoms with Gasteiger partial charge in [0.25, 0.3) is 6.23 Å². The van der Waals surface area contributed by atoms with Crippen LogP contribution in [0.4, 0.5) is 0 Å². The third kappa shape index (κ3) is 2.77. The molecule has 0 fully saturated rings. The van der Waals surface area contributed by atoms with Crippen LogP contribution in [0.5, 0.6) is 11.5 Å². The zero-order valence-electron chi connectivity index (χ0n) is 15.2. The number of methoxy groups -OCH3 is 1. The number of para-hydroxylation sites is 1. The van der Waals surface area contributed by atoms with Crippen LogP contribution in [0.1, 0.15) is 33.3 Å². The van der Waals surface area contributed by atoms with Gasteiger partial charge < -0.3 is 9.47 Å². The number of ketones is 1. The van der Waals surface area contributed by atoms with E-state index in [4.69, 9.17) is 14.6 Å². The van der Waals surface area contributed by atoms with Crippen LogP contribution < -0.4 is 9.47 Å². The highest BCUT2D eigenvalue weighted by Gasteiger charge is 2.43. The zero-order valence-corrected chi connectivity index (χ0v) is 16.1. The maximum absolute atomic E-state index is 13.3. The largest absolute Gasteiger partial charge is 0.497 e. The highest BCUT2D eigenvalue weighted by Crippen LogP contribution is 2.43. The van der Waals surface area contributed by atoms with Crippen molar-refractivity contribution >= 4 is 22.8 Å². The second kappa shape index (κ2) is 6.80. The van der Waals surface area contributed by atoms with Gasteiger partial charge in [-0.05, 0) is 41.8 Å². The van der Waals surface area contributed by atoms with E-state index in [0.29, 0.717) is 11.3 Å². The van der Waals surface area contributed by atoms with Crippen molar-refractivity contribution in [3.05, 3.63) is 82.0 Å². The Kier molecular flexibility index (Phi) is 4.13. The second-order valence-electron chi connectivity index (χ2n) is 6.72. The second-order valence-corrected chi connectivity index (χ2v) is 7.67. The van der Waals surface area contributed by atoms with Gasteiger partial charge in [-0.1, -0.05) is 24.3 Å².